The number of rotatable bonds is 5. The molecule has 1 aliphatic heterocycles. The monoisotopic (exact) mass is 456 g/mol. The Hall–Kier alpha value is -3.69. The first kappa shape index (κ1) is 22.5. The number of alkyl halides is 3. The first-order chi connectivity index (χ1) is 15.7. The van der Waals surface area contributed by atoms with Gasteiger partial charge in [0.25, 0.3) is 0 Å². The van der Waals surface area contributed by atoms with E-state index >= 15 is 0 Å². The van der Waals surface area contributed by atoms with Gasteiger partial charge in [0, 0.05) is 42.8 Å². The van der Waals surface area contributed by atoms with Crippen LogP contribution in [0.3, 0.4) is 0 Å². The molecule has 172 valence electrons. The fraction of sp³-hybridized carbons (Fsp3) is 0.304. The van der Waals surface area contributed by atoms with E-state index in [1.807, 2.05) is 32.2 Å². The summed E-state index contributed by atoms with van der Waals surface area (Å²) in [6.45, 7) is 8.59. The van der Waals surface area contributed by atoms with Gasteiger partial charge in [0.2, 0.25) is 5.91 Å². The van der Waals surface area contributed by atoms with Gasteiger partial charge in [-0.3, -0.25) is 4.79 Å². The highest BCUT2D eigenvalue weighted by Gasteiger charge is 2.33. The number of fused-ring (bicyclic) bond motifs is 1. The molecule has 0 unspecified atom stereocenters. The highest BCUT2D eigenvalue weighted by molar-refractivity contribution is 5.94. The van der Waals surface area contributed by atoms with Crippen molar-refractivity contribution in [2.24, 2.45) is 0 Å². The summed E-state index contributed by atoms with van der Waals surface area (Å²) in [5.74, 6) is 0.239. The first-order valence-electron chi connectivity index (χ1n) is 10.5. The van der Waals surface area contributed by atoms with Crippen LogP contribution in [0.2, 0.25) is 0 Å². The molecule has 7 nitrogen and oxygen atoms in total. The van der Waals surface area contributed by atoms with Gasteiger partial charge in [-0.05, 0) is 38.0 Å². The number of hydrogen-bond acceptors (Lipinski definition) is 5. The van der Waals surface area contributed by atoms with Gasteiger partial charge >= 0.3 is 6.18 Å². The lowest BCUT2D eigenvalue weighted by Gasteiger charge is -2.25. The van der Waals surface area contributed by atoms with Crippen molar-refractivity contribution in [3.05, 3.63) is 60.8 Å². The summed E-state index contributed by atoms with van der Waals surface area (Å²) in [7, 11) is 0. The minimum absolute atomic E-state index is 0.00171. The van der Waals surface area contributed by atoms with E-state index < -0.39 is 11.9 Å². The molecule has 1 aliphatic rings. The molecule has 0 bridgehead atoms. The van der Waals surface area contributed by atoms with Crippen molar-refractivity contribution in [3.8, 4) is 0 Å². The van der Waals surface area contributed by atoms with Gasteiger partial charge in [-0.1, -0.05) is 12.7 Å². The number of halogens is 3. The van der Waals surface area contributed by atoms with Gasteiger partial charge in [-0.25, -0.2) is 15.0 Å². The van der Waals surface area contributed by atoms with E-state index in [1.54, 1.807) is 11.0 Å². The Morgan fingerprint density at radius 1 is 1.24 bits per heavy atom. The van der Waals surface area contributed by atoms with Crippen molar-refractivity contribution >= 4 is 34.0 Å². The molecule has 0 aromatic carbocycles. The summed E-state index contributed by atoms with van der Waals surface area (Å²) in [5, 5.41) is 3.83. The van der Waals surface area contributed by atoms with Crippen molar-refractivity contribution in [2.45, 2.75) is 32.5 Å². The maximum absolute atomic E-state index is 13.1. The van der Waals surface area contributed by atoms with Crippen LogP contribution < -0.4 is 5.32 Å². The lowest BCUT2D eigenvalue weighted by Crippen LogP contribution is -2.33. The molecule has 0 radical (unpaired) electrons. The van der Waals surface area contributed by atoms with Crippen LogP contribution in [0.5, 0.6) is 0 Å². The molecule has 4 rings (SSSR count). The Morgan fingerprint density at radius 2 is 2.03 bits per heavy atom. The Bertz CT molecular complexity index is 1240. The van der Waals surface area contributed by atoms with E-state index in [2.05, 4.69) is 26.4 Å². The van der Waals surface area contributed by atoms with Gasteiger partial charge in [-0.15, -0.1) is 0 Å². The van der Waals surface area contributed by atoms with Gasteiger partial charge in [0.15, 0.2) is 0 Å². The predicted molar refractivity (Wildman–Crippen MR) is 120 cm³/mol. The van der Waals surface area contributed by atoms with Crippen LogP contribution in [0.1, 0.15) is 37.7 Å². The maximum atomic E-state index is 13.1. The number of nitrogens with one attached hydrogen (secondary N) is 1. The van der Waals surface area contributed by atoms with Crippen molar-refractivity contribution in [1.29, 1.82) is 0 Å². The van der Waals surface area contributed by atoms with Crippen LogP contribution in [-0.4, -0.2) is 43.4 Å². The quantitative estimate of drug-likeness (QED) is 0.549. The molecule has 10 heteroatoms. The van der Waals surface area contributed by atoms with Crippen LogP contribution in [-0.2, 0) is 11.0 Å². The fourth-order valence-electron chi connectivity index (χ4n) is 3.84. The van der Waals surface area contributed by atoms with E-state index in [-0.39, 0.29) is 17.8 Å². The summed E-state index contributed by atoms with van der Waals surface area (Å²) in [6, 6.07) is 4.80. The molecule has 0 atom stereocenters. The van der Waals surface area contributed by atoms with Gasteiger partial charge < -0.3 is 14.8 Å². The minimum atomic E-state index is -4.57. The Balaban J connectivity index is 1.76. The van der Waals surface area contributed by atoms with E-state index in [0.717, 1.165) is 34.6 Å². The second kappa shape index (κ2) is 8.68. The zero-order valence-corrected chi connectivity index (χ0v) is 18.2. The van der Waals surface area contributed by atoms with E-state index in [0.29, 0.717) is 25.3 Å². The van der Waals surface area contributed by atoms with Crippen LogP contribution in [0.25, 0.3) is 16.5 Å². The molecular formula is C23H23F3N6O. The SMILES string of the molecule is C=CC(=O)N1CC=C(c2nc(Nc3cc(C(F)(F)F)ncn3)cc3c2ccn3C(C)C)CC1. The van der Waals surface area contributed by atoms with Crippen LogP contribution in [0, 0.1) is 0 Å². The lowest BCUT2D eigenvalue weighted by atomic mass is 10.0. The fourth-order valence-corrected chi connectivity index (χ4v) is 3.84. The minimum Gasteiger partial charge on any atom is -0.345 e. The van der Waals surface area contributed by atoms with Crippen LogP contribution in [0.4, 0.5) is 24.8 Å². The molecule has 0 spiro atoms. The Morgan fingerprint density at radius 3 is 2.67 bits per heavy atom. The van der Waals surface area contributed by atoms with E-state index in [1.165, 1.54) is 6.08 Å². The molecule has 3 aromatic heterocycles. The molecule has 3 aromatic rings. The third-order valence-electron chi connectivity index (χ3n) is 5.49. The largest absolute Gasteiger partial charge is 0.433 e. The molecule has 0 saturated heterocycles. The van der Waals surface area contributed by atoms with Crippen molar-refractivity contribution < 1.29 is 18.0 Å². The summed E-state index contributed by atoms with van der Waals surface area (Å²) in [6.07, 6.45) is 2.11. The smallest absolute Gasteiger partial charge is 0.345 e. The van der Waals surface area contributed by atoms with Crippen LogP contribution in [0.15, 0.2) is 49.5 Å². The van der Waals surface area contributed by atoms with Crippen molar-refractivity contribution in [1.82, 2.24) is 24.4 Å². The number of amides is 1. The Labute approximate surface area is 188 Å². The highest BCUT2D eigenvalue weighted by Crippen LogP contribution is 2.33. The summed E-state index contributed by atoms with van der Waals surface area (Å²) in [5.41, 5.74) is 1.56. The maximum Gasteiger partial charge on any atom is 0.433 e. The number of carbonyl (C=O) groups excluding carboxylic acids is 1. The average Bonchev–Trinajstić information content (AvgIpc) is 3.22. The topological polar surface area (TPSA) is 75.9 Å². The Kier molecular flexibility index (Phi) is 5.92. The number of carbonyl (C=O) groups is 1. The zero-order chi connectivity index (χ0) is 23.8. The number of aromatic nitrogens is 4. The normalized spacial score (nSPS) is 14.5. The molecular weight excluding hydrogens is 433 g/mol. The third kappa shape index (κ3) is 4.59. The highest BCUT2D eigenvalue weighted by atomic mass is 19.4. The number of anilines is 2. The van der Waals surface area contributed by atoms with Gasteiger partial charge in [0.05, 0.1) is 11.2 Å². The standard InChI is InChI=1S/C23H23F3N6O/c1-4-21(33)31-8-5-15(6-9-31)22-16-7-10-32(14(2)3)17(16)11-20(30-22)29-19-12-18(23(24,25)26)27-13-28-19/h4-5,7,10-14H,1,6,8-9H2,2-3H3,(H,27,28,29,30). The number of pyridine rings is 1. The van der Waals surface area contributed by atoms with Crippen molar-refractivity contribution in [3.63, 3.8) is 0 Å². The first-order valence-corrected chi connectivity index (χ1v) is 10.5. The molecule has 1 N–H and O–H groups in total. The molecule has 0 saturated carbocycles. The van der Waals surface area contributed by atoms with Crippen molar-refractivity contribution in [2.75, 3.05) is 18.4 Å². The van der Waals surface area contributed by atoms with Gasteiger partial charge in [0.1, 0.15) is 23.7 Å². The predicted octanol–water partition coefficient (Wildman–Crippen LogP) is 4.97. The molecule has 4 heterocycles. The second-order valence-electron chi connectivity index (χ2n) is 7.98. The van der Waals surface area contributed by atoms with Gasteiger partial charge in [-0.2, -0.15) is 13.2 Å². The molecule has 0 fully saturated rings. The third-order valence-corrected chi connectivity index (χ3v) is 5.49. The molecule has 33 heavy (non-hydrogen) atoms. The number of hydrogen-bond donors (Lipinski definition) is 1. The van der Waals surface area contributed by atoms with Crippen LogP contribution >= 0.6 is 0 Å². The molecule has 0 aliphatic carbocycles. The van der Waals surface area contributed by atoms with E-state index in [9.17, 15) is 18.0 Å². The van der Waals surface area contributed by atoms with E-state index in [4.69, 9.17) is 4.98 Å². The molecule has 1 amide bonds. The zero-order valence-electron chi connectivity index (χ0n) is 18.2. The number of nitrogens with zero attached hydrogens (tertiary/aromatic N) is 5. The summed E-state index contributed by atoms with van der Waals surface area (Å²) >= 11 is 0. The summed E-state index contributed by atoms with van der Waals surface area (Å²) < 4.78 is 41.2. The second-order valence-corrected chi connectivity index (χ2v) is 7.98. The average molecular weight is 456 g/mol. The summed E-state index contributed by atoms with van der Waals surface area (Å²) in [4.78, 5) is 25.5. The lowest BCUT2D eigenvalue weighted by molar-refractivity contribution is -0.141.